The molecule has 2 aromatic rings. The summed E-state index contributed by atoms with van der Waals surface area (Å²) in [6.45, 7) is 2.63. The number of nitrogens with one attached hydrogen (secondary N) is 1. The van der Waals surface area contributed by atoms with Crippen molar-refractivity contribution in [2.24, 2.45) is 5.92 Å². The molecule has 0 atom stereocenters. The van der Waals surface area contributed by atoms with Gasteiger partial charge in [0.2, 0.25) is 0 Å². The number of aromatic nitrogens is 2. The van der Waals surface area contributed by atoms with E-state index in [9.17, 15) is 9.59 Å². The number of carbonyl (C=O) groups is 2. The quantitative estimate of drug-likeness (QED) is 0.742. The number of hydrogen-bond acceptors (Lipinski definition) is 5. The maximum Gasteiger partial charge on any atom is 0.322 e. The lowest BCUT2D eigenvalue weighted by molar-refractivity contribution is 0.0671. The fourth-order valence-corrected chi connectivity index (χ4v) is 4.40. The Balaban J connectivity index is 1.24. The number of urea groups is 1. The van der Waals surface area contributed by atoms with E-state index in [4.69, 9.17) is 4.74 Å². The Morgan fingerprint density at radius 2 is 1.72 bits per heavy atom. The third kappa shape index (κ3) is 5.96. The van der Waals surface area contributed by atoms with Gasteiger partial charge in [0.1, 0.15) is 12.1 Å². The molecule has 0 spiro atoms. The molecule has 0 bridgehead atoms. The normalized spacial score (nSPS) is 17.1. The molecule has 8 nitrogen and oxygen atoms in total. The van der Waals surface area contributed by atoms with Crippen LogP contribution in [0.25, 0.3) is 0 Å². The second-order valence-corrected chi connectivity index (χ2v) is 8.51. The number of benzene rings is 1. The Kier molecular flexibility index (Phi) is 7.53. The number of rotatable bonds is 6. The van der Waals surface area contributed by atoms with Crippen molar-refractivity contribution in [3.05, 3.63) is 48.5 Å². The maximum atomic E-state index is 13.0. The summed E-state index contributed by atoms with van der Waals surface area (Å²) >= 11 is 0. The Morgan fingerprint density at radius 1 is 1.00 bits per heavy atom. The summed E-state index contributed by atoms with van der Waals surface area (Å²) in [5, 5.41) is 2.78. The highest BCUT2D eigenvalue weighted by Crippen LogP contribution is 2.26. The number of ether oxygens (including phenoxy) is 1. The molecule has 32 heavy (non-hydrogen) atoms. The third-order valence-electron chi connectivity index (χ3n) is 6.27. The lowest BCUT2D eigenvalue weighted by Crippen LogP contribution is -2.51. The Morgan fingerprint density at radius 3 is 2.47 bits per heavy atom. The van der Waals surface area contributed by atoms with Gasteiger partial charge in [-0.3, -0.25) is 4.79 Å². The van der Waals surface area contributed by atoms with Crippen LogP contribution in [0.5, 0.6) is 5.75 Å². The minimum absolute atomic E-state index is 0.0285. The van der Waals surface area contributed by atoms with Crippen LogP contribution in [0.1, 0.15) is 48.9 Å². The Hall–Kier alpha value is -3.16. The van der Waals surface area contributed by atoms with Crippen molar-refractivity contribution in [1.29, 1.82) is 0 Å². The number of hydrogen-bond donors (Lipinski definition) is 1. The third-order valence-corrected chi connectivity index (χ3v) is 6.27. The zero-order chi connectivity index (χ0) is 22.2. The number of amides is 3. The van der Waals surface area contributed by atoms with Crippen LogP contribution in [-0.4, -0.2) is 64.5 Å². The first-order valence-electron chi connectivity index (χ1n) is 11.5. The predicted molar refractivity (Wildman–Crippen MR) is 122 cm³/mol. The molecule has 2 aliphatic rings. The SMILES string of the molecule is O=C(Nc1cncnc1)N1CCN(C(=O)c2cccc(OCCC3CCCCC3)c2)CC1. The van der Waals surface area contributed by atoms with Crippen LogP contribution >= 0.6 is 0 Å². The maximum absolute atomic E-state index is 13.0. The van der Waals surface area contributed by atoms with Gasteiger partial charge in [-0.05, 0) is 30.5 Å². The van der Waals surface area contributed by atoms with Crippen molar-refractivity contribution >= 4 is 17.6 Å². The summed E-state index contributed by atoms with van der Waals surface area (Å²) in [6.07, 6.45) is 12.3. The van der Waals surface area contributed by atoms with E-state index in [-0.39, 0.29) is 11.9 Å². The van der Waals surface area contributed by atoms with Crippen molar-refractivity contribution in [3.8, 4) is 5.75 Å². The van der Waals surface area contributed by atoms with Gasteiger partial charge >= 0.3 is 6.03 Å². The van der Waals surface area contributed by atoms with E-state index < -0.39 is 0 Å². The van der Waals surface area contributed by atoms with Crippen LogP contribution in [0.2, 0.25) is 0 Å². The highest BCUT2D eigenvalue weighted by Gasteiger charge is 2.25. The molecule has 1 saturated carbocycles. The van der Waals surface area contributed by atoms with E-state index in [1.54, 1.807) is 22.2 Å². The van der Waals surface area contributed by atoms with E-state index in [0.29, 0.717) is 44.0 Å². The van der Waals surface area contributed by atoms with Crippen molar-refractivity contribution in [1.82, 2.24) is 19.8 Å². The van der Waals surface area contributed by atoms with E-state index in [1.807, 2.05) is 24.3 Å². The summed E-state index contributed by atoms with van der Waals surface area (Å²) in [5.74, 6) is 1.49. The van der Waals surface area contributed by atoms with Crippen LogP contribution in [0.4, 0.5) is 10.5 Å². The molecule has 1 aromatic carbocycles. The molecule has 0 radical (unpaired) electrons. The molecular weight excluding hydrogens is 406 g/mol. The van der Waals surface area contributed by atoms with Gasteiger partial charge in [0, 0.05) is 31.7 Å². The average molecular weight is 438 g/mol. The largest absolute Gasteiger partial charge is 0.494 e. The summed E-state index contributed by atoms with van der Waals surface area (Å²) in [4.78, 5) is 36.7. The van der Waals surface area contributed by atoms with E-state index in [2.05, 4.69) is 15.3 Å². The van der Waals surface area contributed by atoms with Crippen LogP contribution < -0.4 is 10.1 Å². The zero-order valence-electron chi connectivity index (χ0n) is 18.4. The second-order valence-electron chi connectivity index (χ2n) is 8.51. The fraction of sp³-hybridized carbons (Fsp3) is 0.500. The lowest BCUT2D eigenvalue weighted by atomic mass is 9.87. The van der Waals surface area contributed by atoms with Crippen LogP contribution in [0.15, 0.2) is 43.0 Å². The van der Waals surface area contributed by atoms with Gasteiger partial charge in [-0.2, -0.15) is 0 Å². The predicted octanol–water partition coefficient (Wildman–Crippen LogP) is 3.82. The molecule has 1 N–H and O–H groups in total. The molecule has 4 rings (SSSR count). The average Bonchev–Trinajstić information content (AvgIpc) is 2.85. The van der Waals surface area contributed by atoms with Crippen molar-refractivity contribution in [2.75, 3.05) is 38.1 Å². The monoisotopic (exact) mass is 437 g/mol. The molecular formula is C24H31N5O3. The van der Waals surface area contributed by atoms with Gasteiger partial charge in [-0.1, -0.05) is 38.2 Å². The standard InChI is InChI=1S/C24H31N5O3/c30-23(20-7-4-8-22(15-20)32-14-9-19-5-2-1-3-6-19)28-10-12-29(13-11-28)24(31)27-21-16-25-18-26-17-21/h4,7-8,15-19H,1-3,5-6,9-14H2,(H,27,31). The Labute approximate surface area is 189 Å². The molecule has 2 fully saturated rings. The molecule has 1 aliphatic carbocycles. The van der Waals surface area contributed by atoms with Crippen molar-refractivity contribution in [2.45, 2.75) is 38.5 Å². The minimum atomic E-state index is -0.208. The van der Waals surface area contributed by atoms with E-state index in [0.717, 1.165) is 18.1 Å². The Bertz CT molecular complexity index is 894. The molecule has 3 amide bonds. The fourth-order valence-electron chi connectivity index (χ4n) is 4.40. The summed E-state index contributed by atoms with van der Waals surface area (Å²) in [7, 11) is 0. The van der Waals surface area contributed by atoms with Gasteiger partial charge in [0.15, 0.2) is 0 Å². The lowest BCUT2D eigenvalue weighted by Gasteiger charge is -2.34. The molecule has 1 saturated heterocycles. The van der Waals surface area contributed by atoms with Gasteiger partial charge < -0.3 is 19.9 Å². The van der Waals surface area contributed by atoms with Gasteiger partial charge in [-0.25, -0.2) is 14.8 Å². The van der Waals surface area contributed by atoms with Gasteiger partial charge in [0.25, 0.3) is 5.91 Å². The molecule has 1 aromatic heterocycles. The molecule has 170 valence electrons. The molecule has 0 unspecified atom stereocenters. The number of anilines is 1. The highest BCUT2D eigenvalue weighted by molar-refractivity contribution is 5.95. The first kappa shape index (κ1) is 22.0. The zero-order valence-corrected chi connectivity index (χ0v) is 18.4. The van der Waals surface area contributed by atoms with Gasteiger partial charge in [0.05, 0.1) is 24.7 Å². The van der Waals surface area contributed by atoms with Crippen LogP contribution in [0.3, 0.4) is 0 Å². The van der Waals surface area contributed by atoms with Gasteiger partial charge in [-0.15, -0.1) is 0 Å². The minimum Gasteiger partial charge on any atom is -0.494 e. The highest BCUT2D eigenvalue weighted by atomic mass is 16.5. The number of carbonyl (C=O) groups excluding carboxylic acids is 2. The molecule has 2 heterocycles. The number of nitrogens with zero attached hydrogens (tertiary/aromatic N) is 4. The summed E-state index contributed by atoms with van der Waals surface area (Å²) in [5.41, 5.74) is 1.18. The first-order valence-corrected chi connectivity index (χ1v) is 11.5. The van der Waals surface area contributed by atoms with Crippen LogP contribution in [0, 0.1) is 5.92 Å². The second kappa shape index (κ2) is 10.9. The molecule has 1 aliphatic heterocycles. The topological polar surface area (TPSA) is 87.7 Å². The van der Waals surface area contributed by atoms with Crippen molar-refractivity contribution < 1.29 is 14.3 Å². The van der Waals surface area contributed by atoms with Crippen molar-refractivity contribution in [3.63, 3.8) is 0 Å². The first-order chi connectivity index (χ1) is 15.7. The summed E-state index contributed by atoms with van der Waals surface area (Å²) < 4.78 is 5.95. The summed E-state index contributed by atoms with van der Waals surface area (Å²) in [6, 6.07) is 7.23. The smallest absolute Gasteiger partial charge is 0.322 e. The number of piperazine rings is 1. The van der Waals surface area contributed by atoms with E-state index >= 15 is 0 Å². The molecule has 8 heteroatoms. The van der Waals surface area contributed by atoms with Crippen LogP contribution in [-0.2, 0) is 0 Å². The van der Waals surface area contributed by atoms with E-state index in [1.165, 1.54) is 38.4 Å².